The van der Waals surface area contributed by atoms with E-state index in [1.54, 1.807) is 24.5 Å². The lowest BCUT2D eigenvalue weighted by Crippen LogP contribution is -2.27. The molecule has 0 aliphatic carbocycles. The maximum Gasteiger partial charge on any atom is 0.155 e. The van der Waals surface area contributed by atoms with E-state index in [4.69, 9.17) is 9.15 Å². The predicted molar refractivity (Wildman–Crippen MR) is 118 cm³/mol. The van der Waals surface area contributed by atoms with Crippen LogP contribution >= 0.6 is 12.4 Å². The smallest absolute Gasteiger partial charge is 0.155 e. The molecule has 1 aliphatic heterocycles. The topological polar surface area (TPSA) is 95.7 Å². The molecule has 0 radical (unpaired) electrons. The van der Waals surface area contributed by atoms with Crippen LogP contribution in [0.2, 0.25) is 0 Å². The van der Waals surface area contributed by atoms with Crippen molar-refractivity contribution in [2.24, 2.45) is 5.16 Å². The van der Waals surface area contributed by atoms with Crippen molar-refractivity contribution in [2.75, 3.05) is 26.2 Å². The van der Waals surface area contributed by atoms with E-state index in [0.717, 1.165) is 25.0 Å². The molecule has 1 saturated heterocycles. The average Bonchev–Trinajstić information content (AvgIpc) is 3.41. The van der Waals surface area contributed by atoms with Crippen LogP contribution in [0.1, 0.15) is 6.42 Å². The van der Waals surface area contributed by atoms with Gasteiger partial charge in [-0.1, -0.05) is 5.16 Å². The summed E-state index contributed by atoms with van der Waals surface area (Å²) in [7, 11) is 0. The van der Waals surface area contributed by atoms with Gasteiger partial charge in [0.2, 0.25) is 0 Å². The van der Waals surface area contributed by atoms with Crippen molar-refractivity contribution < 1.29 is 19.5 Å². The van der Waals surface area contributed by atoms with Gasteiger partial charge < -0.3 is 23.9 Å². The third-order valence-corrected chi connectivity index (χ3v) is 5.42. The first kappa shape index (κ1) is 21.2. The molecule has 8 nitrogen and oxygen atoms in total. The van der Waals surface area contributed by atoms with E-state index in [2.05, 4.69) is 15.0 Å². The first-order valence-electron chi connectivity index (χ1n) is 9.92. The second-order valence-corrected chi connectivity index (χ2v) is 7.46. The van der Waals surface area contributed by atoms with Crippen molar-refractivity contribution in [2.45, 2.75) is 12.5 Å². The highest BCUT2D eigenvalue weighted by Crippen LogP contribution is 2.24. The Labute approximate surface area is 184 Å². The molecular weight excluding hydrogens is 420 g/mol. The van der Waals surface area contributed by atoms with Crippen LogP contribution in [0.3, 0.4) is 0 Å². The van der Waals surface area contributed by atoms with Crippen molar-refractivity contribution in [3.8, 4) is 17.2 Å². The minimum Gasteiger partial charge on any atom is -0.492 e. The Kier molecular flexibility index (Phi) is 6.13. The molecule has 9 heteroatoms. The zero-order valence-electron chi connectivity index (χ0n) is 16.7. The molecule has 1 atom stereocenters. The Balaban J connectivity index is 0.00000231. The second-order valence-electron chi connectivity index (χ2n) is 7.46. The van der Waals surface area contributed by atoms with E-state index in [1.165, 1.54) is 0 Å². The summed E-state index contributed by atoms with van der Waals surface area (Å²) in [6.45, 7) is 2.85. The van der Waals surface area contributed by atoms with E-state index in [9.17, 15) is 10.3 Å². The van der Waals surface area contributed by atoms with Crippen LogP contribution in [-0.2, 0) is 0 Å². The van der Waals surface area contributed by atoms with Gasteiger partial charge in [-0.15, -0.1) is 12.4 Å². The van der Waals surface area contributed by atoms with E-state index >= 15 is 0 Å². The summed E-state index contributed by atoms with van der Waals surface area (Å²) in [6, 6.07) is 13.0. The Morgan fingerprint density at radius 1 is 1.23 bits per heavy atom. The molecule has 3 aromatic heterocycles. The maximum atomic E-state index is 9.61. The molecule has 2 N–H and O–H groups in total. The zero-order chi connectivity index (χ0) is 20.5. The highest BCUT2D eigenvalue weighted by atomic mass is 35.5. The van der Waals surface area contributed by atoms with Gasteiger partial charge in [0.25, 0.3) is 0 Å². The summed E-state index contributed by atoms with van der Waals surface area (Å²) in [5, 5.41) is 23.7. The van der Waals surface area contributed by atoms with Crippen LogP contribution in [0.15, 0.2) is 64.6 Å². The standard InChI is InChI=1S/C22H22N4O4.ClH/c27-16-5-7-25(13-16)8-9-29-17-3-4-21-18(11-17)19(24-28)12-22(30-21)20-10-15-2-1-6-26(15)14-23-20;/h1-4,6,10-12,14,16,27-28H,5,7-9,13H2;1H. The molecule has 31 heavy (non-hydrogen) atoms. The minimum absolute atomic E-state index is 0. The van der Waals surface area contributed by atoms with Crippen molar-refractivity contribution in [1.29, 1.82) is 0 Å². The summed E-state index contributed by atoms with van der Waals surface area (Å²) in [5.41, 5.74) is 2.22. The summed E-state index contributed by atoms with van der Waals surface area (Å²) < 4.78 is 13.8. The molecule has 0 amide bonds. The maximum absolute atomic E-state index is 9.61. The predicted octanol–water partition coefficient (Wildman–Crippen LogP) is 2.90. The molecule has 1 unspecified atom stereocenters. The van der Waals surface area contributed by atoms with Crippen molar-refractivity contribution in [3.63, 3.8) is 0 Å². The highest BCUT2D eigenvalue weighted by molar-refractivity contribution is 5.85. The van der Waals surface area contributed by atoms with E-state index in [-0.39, 0.29) is 18.5 Å². The number of halogens is 1. The number of hydrogen-bond acceptors (Lipinski definition) is 7. The van der Waals surface area contributed by atoms with Gasteiger partial charge in [-0.05, 0) is 42.8 Å². The number of aromatic nitrogens is 2. The molecular formula is C22H23ClN4O4. The lowest BCUT2D eigenvalue weighted by atomic mass is 10.2. The van der Waals surface area contributed by atoms with Crippen LogP contribution in [0.4, 0.5) is 0 Å². The number of fused-ring (bicyclic) bond motifs is 2. The summed E-state index contributed by atoms with van der Waals surface area (Å²) in [4.78, 5) is 6.61. The first-order chi connectivity index (χ1) is 14.7. The van der Waals surface area contributed by atoms with Gasteiger partial charge in [0.15, 0.2) is 5.76 Å². The van der Waals surface area contributed by atoms with Crippen LogP contribution in [0.5, 0.6) is 5.75 Å². The third kappa shape index (κ3) is 4.36. The zero-order valence-corrected chi connectivity index (χ0v) is 17.5. The fraction of sp³-hybridized carbons (Fsp3) is 0.273. The molecule has 0 saturated carbocycles. The molecule has 4 heterocycles. The van der Waals surface area contributed by atoms with Gasteiger partial charge in [-0.2, -0.15) is 0 Å². The van der Waals surface area contributed by atoms with Crippen LogP contribution < -0.4 is 10.1 Å². The van der Waals surface area contributed by atoms with Crippen molar-refractivity contribution in [1.82, 2.24) is 14.3 Å². The molecule has 4 aromatic rings. The van der Waals surface area contributed by atoms with Gasteiger partial charge in [-0.25, -0.2) is 4.98 Å². The summed E-state index contributed by atoms with van der Waals surface area (Å²) >= 11 is 0. The van der Waals surface area contributed by atoms with Gasteiger partial charge >= 0.3 is 0 Å². The third-order valence-electron chi connectivity index (χ3n) is 5.42. The van der Waals surface area contributed by atoms with Gasteiger partial charge in [0, 0.05) is 37.4 Å². The quantitative estimate of drug-likeness (QED) is 0.364. The molecule has 0 spiro atoms. The largest absolute Gasteiger partial charge is 0.492 e. The Morgan fingerprint density at radius 3 is 2.94 bits per heavy atom. The van der Waals surface area contributed by atoms with E-state index in [1.807, 2.05) is 34.9 Å². The number of ether oxygens (including phenoxy) is 1. The highest BCUT2D eigenvalue weighted by Gasteiger charge is 2.19. The number of β-amino-alcohol motifs (C(OH)–C–C–N with tert-alkyl or cyclic N) is 1. The first-order valence-corrected chi connectivity index (χ1v) is 9.92. The normalized spacial score (nSPS) is 17.3. The van der Waals surface area contributed by atoms with Gasteiger partial charge in [-0.3, -0.25) is 4.90 Å². The van der Waals surface area contributed by atoms with Crippen LogP contribution in [0.25, 0.3) is 27.9 Å². The molecule has 1 aliphatic rings. The SMILES string of the molecule is Cl.ON=c1cc(-c2cc3cccn3cn2)oc2ccc(OCCN3CCC(O)C3)cc12. The Morgan fingerprint density at radius 2 is 2.13 bits per heavy atom. The van der Waals surface area contributed by atoms with Crippen molar-refractivity contribution >= 4 is 28.9 Å². The number of aliphatic hydroxyl groups is 1. The second kappa shape index (κ2) is 8.97. The lowest BCUT2D eigenvalue weighted by molar-refractivity contribution is 0.167. The molecule has 1 fully saturated rings. The molecule has 162 valence electrons. The Hall–Kier alpha value is -3.07. The average molecular weight is 443 g/mol. The van der Waals surface area contributed by atoms with Crippen LogP contribution in [-0.4, -0.2) is 56.9 Å². The van der Waals surface area contributed by atoms with E-state index in [0.29, 0.717) is 46.7 Å². The van der Waals surface area contributed by atoms with Gasteiger partial charge in [0.1, 0.15) is 29.0 Å². The monoisotopic (exact) mass is 442 g/mol. The number of benzene rings is 1. The fourth-order valence-corrected chi connectivity index (χ4v) is 3.83. The van der Waals surface area contributed by atoms with Crippen LogP contribution in [0, 0.1) is 0 Å². The number of hydrogen-bond donors (Lipinski definition) is 2. The molecule has 1 aromatic carbocycles. The lowest BCUT2D eigenvalue weighted by Gasteiger charge is -2.15. The number of aliphatic hydroxyl groups excluding tert-OH is 1. The Bertz CT molecular complexity index is 1270. The molecule has 5 rings (SSSR count). The van der Waals surface area contributed by atoms with Crippen molar-refractivity contribution in [3.05, 3.63) is 60.3 Å². The number of nitrogens with zero attached hydrogens (tertiary/aromatic N) is 4. The summed E-state index contributed by atoms with van der Waals surface area (Å²) in [6.07, 6.45) is 4.22. The fourth-order valence-electron chi connectivity index (χ4n) is 3.83. The molecule has 0 bridgehead atoms. The van der Waals surface area contributed by atoms with Gasteiger partial charge in [0.05, 0.1) is 17.8 Å². The number of likely N-dealkylation sites (tertiary alicyclic amines) is 1. The van der Waals surface area contributed by atoms with E-state index < -0.39 is 0 Å². The summed E-state index contributed by atoms with van der Waals surface area (Å²) in [5.74, 6) is 1.18. The minimum atomic E-state index is -0.233. The number of rotatable bonds is 5.